The van der Waals surface area contributed by atoms with Crippen molar-refractivity contribution in [3.63, 3.8) is 0 Å². The van der Waals surface area contributed by atoms with Crippen molar-refractivity contribution in [1.82, 2.24) is 5.32 Å². The van der Waals surface area contributed by atoms with Gasteiger partial charge < -0.3 is 11.1 Å². The average molecular weight is 249 g/mol. The number of thioether (sulfide) groups is 1. The summed E-state index contributed by atoms with van der Waals surface area (Å²) in [6, 6.07) is 6.29. The minimum absolute atomic E-state index is 0.277. The van der Waals surface area contributed by atoms with E-state index >= 15 is 0 Å². The molecule has 17 heavy (non-hydrogen) atoms. The van der Waals surface area contributed by atoms with Gasteiger partial charge in [-0.1, -0.05) is 17.8 Å². The highest BCUT2D eigenvalue weighted by atomic mass is 32.2. The summed E-state index contributed by atoms with van der Waals surface area (Å²) in [5.74, 6) is 0.0604. The second-order valence-electron chi connectivity index (χ2n) is 3.43. The maximum absolute atomic E-state index is 11.8. The molecular formula is C11H11N3O2S. The minimum atomic E-state index is -0.549. The smallest absolute Gasteiger partial charge is 0.257 e. The van der Waals surface area contributed by atoms with Crippen LogP contribution < -0.4 is 11.1 Å². The topological polar surface area (TPSA) is 84.5 Å². The fraction of sp³-hybridized carbons (Fsp3) is 0.182. The third-order valence-corrected chi connectivity index (χ3v) is 3.11. The third-order valence-electron chi connectivity index (χ3n) is 2.22. The van der Waals surface area contributed by atoms with E-state index in [0.29, 0.717) is 16.3 Å². The quantitative estimate of drug-likeness (QED) is 0.805. The highest BCUT2D eigenvalue weighted by molar-refractivity contribution is 8.14. The van der Waals surface area contributed by atoms with Crippen molar-refractivity contribution in [2.75, 3.05) is 12.3 Å². The average Bonchev–Trinajstić information content (AvgIpc) is 2.82. The number of hydrogen-bond donors (Lipinski definition) is 2. The molecule has 6 heteroatoms. The number of carbonyl (C=O) groups excluding carboxylic acids is 2. The van der Waals surface area contributed by atoms with Crippen LogP contribution in [0.25, 0.3) is 0 Å². The van der Waals surface area contributed by atoms with Gasteiger partial charge in [0.2, 0.25) is 5.91 Å². The molecule has 1 aliphatic heterocycles. The molecular weight excluding hydrogens is 238 g/mol. The largest absolute Gasteiger partial charge is 0.366 e. The molecule has 88 valence electrons. The molecule has 0 unspecified atom stereocenters. The van der Waals surface area contributed by atoms with E-state index in [9.17, 15) is 9.59 Å². The van der Waals surface area contributed by atoms with Gasteiger partial charge in [-0.25, -0.2) is 0 Å². The summed E-state index contributed by atoms with van der Waals surface area (Å²) >= 11 is 1.50. The van der Waals surface area contributed by atoms with Crippen LogP contribution in [-0.2, 0) is 0 Å². The molecule has 5 nitrogen and oxygen atoms in total. The van der Waals surface area contributed by atoms with Gasteiger partial charge in [0.05, 0.1) is 6.54 Å². The SMILES string of the molecule is NC(=O)c1cccc(C(=O)NC2=NCCS2)c1. The Hall–Kier alpha value is -1.82. The molecule has 0 bridgehead atoms. The van der Waals surface area contributed by atoms with Gasteiger partial charge in [0.25, 0.3) is 5.91 Å². The first-order chi connectivity index (χ1) is 8.16. The maximum atomic E-state index is 11.8. The van der Waals surface area contributed by atoms with Crippen molar-refractivity contribution < 1.29 is 9.59 Å². The molecule has 0 radical (unpaired) electrons. The van der Waals surface area contributed by atoms with Crippen molar-refractivity contribution in [1.29, 1.82) is 0 Å². The highest BCUT2D eigenvalue weighted by Gasteiger charge is 2.13. The number of carbonyl (C=O) groups is 2. The second-order valence-corrected chi connectivity index (χ2v) is 4.52. The van der Waals surface area contributed by atoms with Gasteiger partial charge in [-0.15, -0.1) is 0 Å². The number of nitrogens with zero attached hydrogens (tertiary/aromatic N) is 1. The molecule has 0 spiro atoms. The van der Waals surface area contributed by atoms with Crippen LogP contribution in [0, 0.1) is 0 Å². The Morgan fingerprint density at radius 2 is 2.12 bits per heavy atom. The lowest BCUT2D eigenvalue weighted by molar-refractivity contribution is 0.0978. The second kappa shape index (κ2) is 5.01. The van der Waals surface area contributed by atoms with E-state index in [4.69, 9.17) is 5.73 Å². The Bertz CT molecular complexity index is 499. The van der Waals surface area contributed by atoms with E-state index < -0.39 is 5.91 Å². The van der Waals surface area contributed by atoms with E-state index in [-0.39, 0.29) is 5.91 Å². The number of amidine groups is 1. The van der Waals surface area contributed by atoms with Gasteiger partial charge in [-0.05, 0) is 18.2 Å². The van der Waals surface area contributed by atoms with Gasteiger partial charge in [0, 0.05) is 16.9 Å². The monoisotopic (exact) mass is 249 g/mol. The number of nitrogens with one attached hydrogen (secondary N) is 1. The Balaban J connectivity index is 2.13. The van der Waals surface area contributed by atoms with Gasteiger partial charge in [-0.2, -0.15) is 0 Å². The molecule has 1 aromatic rings. The number of benzene rings is 1. The van der Waals surface area contributed by atoms with Crippen molar-refractivity contribution >= 4 is 28.7 Å². The van der Waals surface area contributed by atoms with Crippen molar-refractivity contribution in [3.8, 4) is 0 Å². The summed E-state index contributed by atoms with van der Waals surface area (Å²) in [6.45, 7) is 0.724. The third kappa shape index (κ3) is 2.85. The summed E-state index contributed by atoms with van der Waals surface area (Å²) in [5.41, 5.74) is 5.87. The number of amides is 2. The van der Waals surface area contributed by atoms with E-state index in [1.807, 2.05) is 0 Å². The van der Waals surface area contributed by atoms with Gasteiger partial charge >= 0.3 is 0 Å². The summed E-state index contributed by atoms with van der Waals surface area (Å²) < 4.78 is 0. The zero-order chi connectivity index (χ0) is 12.3. The Morgan fingerprint density at radius 1 is 1.35 bits per heavy atom. The summed E-state index contributed by atoms with van der Waals surface area (Å²) in [6.07, 6.45) is 0. The van der Waals surface area contributed by atoms with Crippen LogP contribution in [-0.4, -0.2) is 29.3 Å². The Labute approximate surface area is 102 Å². The molecule has 0 fully saturated rings. The van der Waals surface area contributed by atoms with Crippen molar-refractivity contribution in [2.24, 2.45) is 10.7 Å². The summed E-state index contributed by atoms with van der Waals surface area (Å²) in [5, 5.41) is 3.31. The molecule has 0 saturated carbocycles. The first kappa shape index (κ1) is 11.7. The van der Waals surface area contributed by atoms with Gasteiger partial charge in [0.1, 0.15) is 0 Å². The predicted octanol–water partition coefficient (Wildman–Crippen LogP) is 0.618. The first-order valence-electron chi connectivity index (χ1n) is 5.05. The minimum Gasteiger partial charge on any atom is -0.366 e. The molecule has 0 saturated heterocycles. The molecule has 0 aromatic heterocycles. The van der Waals surface area contributed by atoms with Gasteiger partial charge in [-0.3, -0.25) is 14.6 Å². The maximum Gasteiger partial charge on any atom is 0.257 e. The molecule has 1 heterocycles. The molecule has 3 N–H and O–H groups in total. The number of rotatable bonds is 2. The summed E-state index contributed by atoms with van der Waals surface area (Å²) in [7, 11) is 0. The van der Waals surface area contributed by atoms with Crippen molar-refractivity contribution in [3.05, 3.63) is 35.4 Å². The first-order valence-corrected chi connectivity index (χ1v) is 6.04. The molecule has 1 aromatic carbocycles. The lowest BCUT2D eigenvalue weighted by Crippen LogP contribution is -2.27. The van der Waals surface area contributed by atoms with Crippen LogP contribution in [0.2, 0.25) is 0 Å². The molecule has 2 amide bonds. The fourth-order valence-electron chi connectivity index (χ4n) is 1.39. The zero-order valence-corrected chi connectivity index (χ0v) is 9.79. The number of aliphatic imine (C=N–C) groups is 1. The molecule has 1 aliphatic rings. The lowest BCUT2D eigenvalue weighted by atomic mass is 10.1. The van der Waals surface area contributed by atoms with Crippen LogP contribution in [0.4, 0.5) is 0 Å². The van der Waals surface area contributed by atoms with Crippen LogP contribution in [0.5, 0.6) is 0 Å². The highest BCUT2D eigenvalue weighted by Crippen LogP contribution is 2.10. The van der Waals surface area contributed by atoms with Crippen LogP contribution in [0.3, 0.4) is 0 Å². The van der Waals surface area contributed by atoms with E-state index in [1.54, 1.807) is 18.2 Å². The van der Waals surface area contributed by atoms with Crippen LogP contribution >= 0.6 is 11.8 Å². The lowest BCUT2D eigenvalue weighted by Gasteiger charge is -2.04. The van der Waals surface area contributed by atoms with E-state index in [2.05, 4.69) is 10.3 Å². The molecule has 2 rings (SSSR count). The number of hydrogen-bond acceptors (Lipinski definition) is 4. The van der Waals surface area contributed by atoms with Gasteiger partial charge in [0.15, 0.2) is 5.17 Å². The van der Waals surface area contributed by atoms with Crippen molar-refractivity contribution in [2.45, 2.75) is 0 Å². The Kier molecular flexibility index (Phi) is 3.43. The fourth-order valence-corrected chi connectivity index (χ4v) is 2.12. The molecule has 0 aliphatic carbocycles. The number of primary amides is 1. The van der Waals surface area contributed by atoms with E-state index in [1.165, 1.54) is 17.8 Å². The standard InChI is InChI=1S/C11H11N3O2S/c12-9(15)7-2-1-3-8(6-7)10(16)14-11-13-4-5-17-11/h1-3,6H,4-5H2,(H2,12,15)(H,13,14,16). The van der Waals surface area contributed by atoms with Crippen LogP contribution in [0.1, 0.15) is 20.7 Å². The predicted molar refractivity (Wildman–Crippen MR) is 67.2 cm³/mol. The Morgan fingerprint density at radius 3 is 2.76 bits per heavy atom. The van der Waals surface area contributed by atoms with Crippen LogP contribution in [0.15, 0.2) is 29.3 Å². The summed E-state index contributed by atoms with van der Waals surface area (Å²) in [4.78, 5) is 26.9. The normalized spacial score (nSPS) is 14.2. The van der Waals surface area contributed by atoms with E-state index in [0.717, 1.165) is 12.3 Å². The molecule has 0 atom stereocenters. The number of nitrogens with two attached hydrogens (primary N) is 1. The zero-order valence-electron chi connectivity index (χ0n) is 8.97.